The summed E-state index contributed by atoms with van der Waals surface area (Å²) < 4.78 is 5.35. The molecule has 0 radical (unpaired) electrons. The molecule has 1 aromatic carbocycles. The molecule has 17 heavy (non-hydrogen) atoms. The molecule has 0 spiro atoms. The topological polar surface area (TPSA) is 84.6 Å². The van der Waals surface area contributed by atoms with Gasteiger partial charge in [0.2, 0.25) is 0 Å². The lowest BCUT2D eigenvalue weighted by Crippen LogP contribution is -2.30. The molecule has 1 amide bonds. The molecule has 0 aliphatic heterocycles. The van der Waals surface area contributed by atoms with E-state index in [1.54, 1.807) is 25.1 Å². The van der Waals surface area contributed by atoms with Gasteiger partial charge in [-0.2, -0.15) is 0 Å². The third-order valence-electron chi connectivity index (χ3n) is 2.14. The molecule has 1 atom stereocenters. The summed E-state index contributed by atoms with van der Waals surface area (Å²) in [5.74, 6) is 0.0831. The Hall–Kier alpha value is -1.75. The van der Waals surface area contributed by atoms with E-state index in [2.05, 4.69) is 5.32 Å². The highest BCUT2D eigenvalue weighted by Crippen LogP contribution is 2.26. The van der Waals surface area contributed by atoms with Crippen molar-refractivity contribution in [2.75, 3.05) is 18.9 Å². The standard InChI is InChI=1S/C12H18N2O3/c1-3-17-11-9(5-4-6-10(11)13)12(16)14-7-8(2)15/h4-6,8,15H,3,7,13H2,1-2H3,(H,14,16)/t8-/m1/s1. The summed E-state index contributed by atoms with van der Waals surface area (Å²) in [6, 6.07) is 5.00. The number of para-hydroxylation sites is 1. The van der Waals surface area contributed by atoms with Crippen molar-refractivity contribution in [2.24, 2.45) is 0 Å². The number of carbonyl (C=O) groups is 1. The van der Waals surface area contributed by atoms with Gasteiger partial charge in [0.05, 0.1) is 24.0 Å². The number of aliphatic hydroxyl groups is 1. The smallest absolute Gasteiger partial charge is 0.255 e. The van der Waals surface area contributed by atoms with E-state index in [4.69, 9.17) is 15.6 Å². The predicted molar refractivity (Wildman–Crippen MR) is 66.0 cm³/mol. The number of ether oxygens (including phenoxy) is 1. The molecule has 5 nitrogen and oxygen atoms in total. The zero-order valence-electron chi connectivity index (χ0n) is 10.1. The van der Waals surface area contributed by atoms with Crippen LogP contribution in [0.4, 0.5) is 5.69 Å². The predicted octanol–water partition coefficient (Wildman–Crippen LogP) is 0.778. The highest BCUT2D eigenvalue weighted by atomic mass is 16.5. The fourth-order valence-corrected chi connectivity index (χ4v) is 1.37. The number of benzene rings is 1. The van der Waals surface area contributed by atoms with Crippen LogP contribution in [0, 0.1) is 0 Å². The largest absolute Gasteiger partial charge is 0.491 e. The van der Waals surface area contributed by atoms with Crippen LogP contribution < -0.4 is 15.8 Å². The monoisotopic (exact) mass is 238 g/mol. The molecule has 94 valence electrons. The number of nitrogens with two attached hydrogens (primary N) is 1. The minimum Gasteiger partial charge on any atom is -0.491 e. The average molecular weight is 238 g/mol. The Morgan fingerprint density at radius 1 is 1.59 bits per heavy atom. The van der Waals surface area contributed by atoms with Gasteiger partial charge in [0.1, 0.15) is 0 Å². The van der Waals surface area contributed by atoms with E-state index in [-0.39, 0.29) is 12.5 Å². The van der Waals surface area contributed by atoms with Crippen molar-refractivity contribution in [3.63, 3.8) is 0 Å². The number of nitrogens with one attached hydrogen (secondary N) is 1. The van der Waals surface area contributed by atoms with Gasteiger partial charge >= 0.3 is 0 Å². The fourth-order valence-electron chi connectivity index (χ4n) is 1.37. The average Bonchev–Trinajstić information content (AvgIpc) is 2.29. The van der Waals surface area contributed by atoms with Crippen LogP contribution in [0.15, 0.2) is 18.2 Å². The van der Waals surface area contributed by atoms with Crippen LogP contribution >= 0.6 is 0 Å². The Labute approximate surface area is 101 Å². The molecule has 0 aromatic heterocycles. The van der Waals surface area contributed by atoms with Gasteiger partial charge in [-0.3, -0.25) is 4.79 Å². The number of rotatable bonds is 5. The van der Waals surface area contributed by atoms with Crippen LogP contribution in [0.3, 0.4) is 0 Å². The van der Waals surface area contributed by atoms with E-state index >= 15 is 0 Å². The van der Waals surface area contributed by atoms with Crippen molar-refractivity contribution in [3.8, 4) is 5.75 Å². The highest BCUT2D eigenvalue weighted by molar-refractivity contribution is 5.98. The Morgan fingerprint density at radius 2 is 2.29 bits per heavy atom. The van der Waals surface area contributed by atoms with Gasteiger partial charge in [0.25, 0.3) is 5.91 Å². The van der Waals surface area contributed by atoms with E-state index in [9.17, 15) is 4.79 Å². The molecule has 0 heterocycles. The number of anilines is 1. The molecule has 0 aliphatic carbocycles. The van der Waals surface area contributed by atoms with Gasteiger partial charge in [-0.1, -0.05) is 6.07 Å². The van der Waals surface area contributed by atoms with Gasteiger partial charge < -0.3 is 20.9 Å². The van der Waals surface area contributed by atoms with E-state index < -0.39 is 6.10 Å². The third kappa shape index (κ3) is 3.64. The van der Waals surface area contributed by atoms with Crippen molar-refractivity contribution < 1.29 is 14.6 Å². The first-order valence-corrected chi connectivity index (χ1v) is 5.53. The zero-order valence-corrected chi connectivity index (χ0v) is 10.1. The molecule has 0 unspecified atom stereocenters. The lowest BCUT2D eigenvalue weighted by Gasteiger charge is -2.13. The molecule has 0 fully saturated rings. The van der Waals surface area contributed by atoms with Gasteiger partial charge in [-0.05, 0) is 26.0 Å². The van der Waals surface area contributed by atoms with Crippen molar-refractivity contribution in [1.82, 2.24) is 5.32 Å². The minimum absolute atomic E-state index is 0.194. The minimum atomic E-state index is -0.587. The van der Waals surface area contributed by atoms with Crippen LogP contribution in [0.5, 0.6) is 5.75 Å². The summed E-state index contributed by atoms with van der Waals surface area (Å²) in [6.45, 7) is 4.05. The number of nitrogen functional groups attached to an aromatic ring is 1. The van der Waals surface area contributed by atoms with E-state index in [0.29, 0.717) is 23.6 Å². The van der Waals surface area contributed by atoms with Crippen LogP contribution in [-0.4, -0.2) is 30.3 Å². The highest BCUT2D eigenvalue weighted by Gasteiger charge is 2.14. The van der Waals surface area contributed by atoms with Crippen LogP contribution in [0.2, 0.25) is 0 Å². The maximum absolute atomic E-state index is 11.8. The number of hydrogen-bond donors (Lipinski definition) is 3. The molecule has 0 saturated carbocycles. The first-order valence-electron chi connectivity index (χ1n) is 5.53. The van der Waals surface area contributed by atoms with Crippen LogP contribution in [0.25, 0.3) is 0 Å². The molecule has 1 aromatic rings. The molecule has 0 bridgehead atoms. The second-order valence-corrected chi connectivity index (χ2v) is 3.72. The van der Waals surface area contributed by atoms with Gasteiger partial charge in [0.15, 0.2) is 5.75 Å². The maximum atomic E-state index is 11.8. The van der Waals surface area contributed by atoms with Crippen molar-refractivity contribution in [3.05, 3.63) is 23.8 Å². The fraction of sp³-hybridized carbons (Fsp3) is 0.417. The lowest BCUT2D eigenvalue weighted by atomic mass is 10.1. The van der Waals surface area contributed by atoms with Crippen LogP contribution in [0.1, 0.15) is 24.2 Å². The van der Waals surface area contributed by atoms with Gasteiger partial charge in [-0.25, -0.2) is 0 Å². The molecule has 5 heteroatoms. The lowest BCUT2D eigenvalue weighted by molar-refractivity contribution is 0.0920. The molecule has 4 N–H and O–H groups in total. The first kappa shape index (κ1) is 13.3. The SMILES string of the molecule is CCOc1c(N)cccc1C(=O)NC[C@@H](C)O. The van der Waals surface area contributed by atoms with E-state index in [0.717, 1.165) is 0 Å². The number of carbonyl (C=O) groups excluding carboxylic acids is 1. The van der Waals surface area contributed by atoms with Crippen molar-refractivity contribution >= 4 is 11.6 Å². The van der Waals surface area contributed by atoms with Gasteiger partial charge in [-0.15, -0.1) is 0 Å². The van der Waals surface area contributed by atoms with Crippen molar-refractivity contribution in [1.29, 1.82) is 0 Å². The second-order valence-electron chi connectivity index (χ2n) is 3.72. The number of aliphatic hydroxyl groups excluding tert-OH is 1. The zero-order chi connectivity index (χ0) is 12.8. The quantitative estimate of drug-likeness (QED) is 0.662. The molecule has 0 saturated heterocycles. The normalized spacial score (nSPS) is 11.9. The summed E-state index contributed by atoms with van der Waals surface area (Å²) in [7, 11) is 0. The molecule has 0 aliphatic rings. The Balaban J connectivity index is 2.88. The summed E-state index contributed by atoms with van der Waals surface area (Å²) in [5, 5.41) is 11.7. The summed E-state index contributed by atoms with van der Waals surface area (Å²) in [4.78, 5) is 11.8. The Morgan fingerprint density at radius 3 is 2.88 bits per heavy atom. The summed E-state index contributed by atoms with van der Waals surface area (Å²) in [5.41, 5.74) is 6.56. The van der Waals surface area contributed by atoms with Crippen LogP contribution in [-0.2, 0) is 0 Å². The molecule has 1 rings (SSSR count). The Kier molecular flexibility index (Phi) is 4.78. The van der Waals surface area contributed by atoms with E-state index in [1.807, 2.05) is 6.92 Å². The Bertz CT molecular complexity index is 391. The summed E-state index contributed by atoms with van der Waals surface area (Å²) >= 11 is 0. The first-order chi connectivity index (χ1) is 8.06. The van der Waals surface area contributed by atoms with Gasteiger partial charge in [0, 0.05) is 6.54 Å². The second kappa shape index (κ2) is 6.10. The van der Waals surface area contributed by atoms with Crippen molar-refractivity contribution in [2.45, 2.75) is 20.0 Å². The number of hydrogen-bond acceptors (Lipinski definition) is 4. The number of amides is 1. The van der Waals surface area contributed by atoms with E-state index in [1.165, 1.54) is 0 Å². The third-order valence-corrected chi connectivity index (χ3v) is 2.14. The molecular weight excluding hydrogens is 220 g/mol. The molecular formula is C12H18N2O3. The summed E-state index contributed by atoms with van der Waals surface area (Å²) in [6.07, 6.45) is -0.587. The maximum Gasteiger partial charge on any atom is 0.255 e.